The van der Waals surface area contributed by atoms with Crippen molar-refractivity contribution in [1.82, 2.24) is 34.0 Å². The smallest absolute Gasteiger partial charge is 0.416 e. The van der Waals surface area contributed by atoms with Crippen LogP contribution in [-0.4, -0.2) is 67.4 Å². The van der Waals surface area contributed by atoms with E-state index in [1.54, 1.807) is 47.8 Å². The predicted molar refractivity (Wildman–Crippen MR) is 149 cm³/mol. The van der Waals surface area contributed by atoms with Crippen molar-refractivity contribution in [2.75, 3.05) is 44.0 Å². The molecule has 218 valence electrons. The maximum Gasteiger partial charge on any atom is 0.416 e. The maximum absolute atomic E-state index is 13.8. The van der Waals surface area contributed by atoms with Crippen LogP contribution in [0.3, 0.4) is 0 Å². The van der Waals surface area contributed by atoms with E-state index in [9.17, 15) is 13.2 Å². The third kappa shape index (κ3) is 4.64. The summed E-state index contributed by atoms with van der Waals surface area (Å²) >= 11 is 6.74. The summed E-state index contributed by atoms with van der Waals surface area (Å²) in [6.45, 7) is 3.46. The van der Waals surface area contributed by atoms with E-state index >= 15 is 0 Å². The lowest BCUT2D eigenvalue weighted by molar-refractivity contribution is -0.191. The lowest BCUT2D eigenvalue weighted by Crippen LogP contribution is -2.65. The Morgan fingerprint density at radius 1 is 1.10 bits per heavy atom. The minimum absolute atomic E-state index is 0.170. The molecule has 0 saturated carbocycles. The molecule has 2 N–H and O–H groups in total. The van der Waals surface area contributed by atoms with E-state index in [0.717, 1.165) is 19.2 Å². The SMILES string of the molecule is CNc1cn2ncc(Oc3cnc4nc(Nc5cc(CN6CC7(COC7)C6)cc(C(F)(F)F)c5)n(C)c4c3Cl)c2cn1. The van der Waals surface area contributed by atoms with Gasteiger partial charge in [-0.05, 0) is 23.8 Å². The number of likely N-dealkylation sites (tertiary alicyclic amines) is 1. The molecule has 0 bridgehead atoms. The zero-order chi connectivity index (χ0) is 29.2. The molecule has 11 nitrogen and oxygen atoms in total. The number of hydrogen-bond donors (Lipinski definition) is 2. The van der Waals surface area contributed by atoms with Gasteiger partial charge in [0.2, 0.25) is 5.95 Å². The minimum atomic E-state index is -4.50. The molecule has 2 aliphatic heterocycles. The number of rotatable bonds is 7. The first-order valence-corrected chi connectivity index (χ1v) is 13.5. The van der Waals surface area contributed by atoms with E-state index in [2.05, 4.69) is 35.6 Å². The quantitative estimate of drug-likeness (QED) is 0.264. The van der Waals surface area contributed by atoms with Crippen LogP contribution in [0.15, 0.2) is 43.0 Å². The number of pyridine rings is 1. The van der Waals surface area contributed by atoms with Crippen molar-refractivity contribution >= 4 is 45.7 Å². The number of benzene rings is 1. The number of hydrogen-bond acceptors (Lipinski definition) is 9. The van der Waals surface area contributed by atoms with Gasteiger partial charge in [-0.25, -0.2) is 14.5 Å². The number of halogens is 4. The van der Waals surface area contributed by atoms with E-state index in [4.69, 9.17) is 21.1 Å². The minimum Gasteiger partial charge on any atom is -0.450 e. The molecular weight excluding hydrogens is 575 g/mol. The van der Waals surface area contributed by atoms with Gasteiger partial charge < -0.3 is 24.7 Å². The molecule has 0 atom stereocenters. The molecule has 4 aromatic heterocycles. The van der Waals surface area contributed by atoms with Crippen molar-refractivity contribution in [3.05, 3.63) is 59.1 Å². The normalized spacial score (nSPS) is 16.5. The van der Waals surface area contributed by atoms with Gasteiger partial charge in [-0.15, -0.1) is 0 Å². The van der Waals surface area contributed by atoms with E-state index in [0.29, 0.717) is 53.6 Å². The number of alkyl halides is 3. The number of nitrogens with one attached hydrogen (secondary N) is 2. The lowest BCUT2D eigenvalue weighted by atomic mass is 9.78. The fourth-order valence-corrected chi connectivity index (χ4v) is 5.78. The van der Waals surface area contributed by atoms with Gasteiger partial charge in [-0.3, -0.25) is 4.90 Å². The van der Waals surface area contributed by atoms with Crippen LogP contribution >= 0.6 is 11.6 Å². The zero-order valence-corrected chi connectivity index (χ0v) is 23.3. The highest BCUT2D eigenvalue weighted by Crippen LogP contribution is 2.40. The van der Waals surface area contributed by atoms with Crippen molar-refractivity contribution in [2.45, 2.75) is 12.7 Å². The highest BCUT2D eigenvalue weighted by Gasteiger charge is 2.48. The molecule has 15 heteroatoms. The van der Waals surface area contributed by atoms with Crippen LogP contribution in [-0.2, 0) is 24.5 Å². The first-order valence-electron chi connectivity index (χ1n) is 13.1. The largest absolute Gasteiger partial charge is 0.450 e. The molecule has 5 aromatic rings. The standard InChI is InChI=1S/C27H25ClF3N9O2/c1-32-21-10-40-18(6-33-21)19(8-35-40)42-20-7-34-24-23(22(20)28)38(2)25(37-24)36-17-4-15(3-16(5-17)27(29,30)31)9-39-11-26(12-39)13-41-14-26/h3-8,10,32H,9,11-14H2,1-2H3,(H,34,36,37). The molecule has 2 saturated heterocycles. The molecule has 1 aromatic carbocycles. The second-order valence-electron chi connectivity index (χ2n) is 10.7. The molecular formula is C27H25ClF3N9O2. The summed E-state index contributed by atoms with van der Waals surface area (Å²) in [5.74, 6) is 1.59. The van der Waals surface area contributed by atoms with Crippen molar-refractivity contribution in [3.63, 3.8) is 0 Å². The van der Waals surface area contributed by atoms with E-state index in [1.165, 1.54) is 12.3 Å². The zero-order valence-electron chi connectivity index (χ0n) is 22.5. The fraction of sp³-hybridized carbons (Fsp3) is 0.333. The Morgan fingerprint density at radius 3 is 2.62 bits per heavy atom. The molecule has 6 heterocycles. The summed E-state index contributed by atoms with van der Waals surface area (Å²) in [6, 6.07) is 3.97. The summed E-state index contributed by atoms with van der Waals surface area (Å²) in [5.41, 5.74) is 1.61. The van der Waals surface area contributed by atoms with Gasteiger partial charge in [0, 0.05) is 44.8 Å². The average Bonchev–Trinajstić information content (AvgIpc) is 3.45. The van der Waals surface area contributed by atoms with Gasteiger partial charge in [-0.1, -0.05) is 11.6 Å². The van der Waals surface area contributed by atoms with Crippen molar-refractivity contribution in [2.24, 2.45) is 12.5 Å². The Kier molecular flexibility index (Phi) is 6.18. The van der Waals surface area contributed by atoms with Crippen LogP contribution in [0, 0.1) is 5.41 Å². The third-order valence-electron chi connectivity index (χ3n) is 7.57. The van der Waals surface area contributed by atoms with Crippen molar-refractivity contribution in [3.8, 4) is 11.5 Å². The Hall–Kier alpha value is -4.14. The summed E-state index contributed by atoms with van der Waals surface area (Å²) in [7, 11) is 3.45. The first-order chi connectivity index (χ1) is 20.1. The van der Waals surface area contributed by atoms with Gasteiger partial charge in [0.15, 0.2) is 17.1 Å². The van der Waals surface area contributed by atoms with Gasteiger partial charge in [0.05, 0.1) is 43.6 Å². The number of ether oxygens (including phenoxy) is 2. The van der Waals surface area contributed by atoms with Crippen molar-refractivity contribution in [1.29, 1.82) is 0 Å². The number of imidazole rings is 1. The predicted octanol–water partition coefficient (Wildman–Crippen LogP) is 5.09. The molecule has 1 spiro atoms. The van der Waals surface area contributed by atoms with Crippen LogP contribution in [0.2, 0.25) is 5.02 Å². The van der Waals surface area contributed by atoms with Gasteiger partial charge in [0.1, 0.15) is 21.9 Å². The number of fused-ring (bicyclic) bond motifs is 2. The van der Waals surface area contributed by atoms with E-state index in [1.807, 2.05) is 0 Å². The summed E-state index contributed by atoms with van der Waals surface area (Å²) in [4.78, 5) is 15.3. The van der Waals surface area contributed by atoms with Crippen LogP contribution in [0.1, 0.15) is 11.1 Å². The monoisotopic (exact) mass is 599 g/mol. The second-order valence-corrected chi connectivity index (χ2v) is 11.1. The summed E-state index contributed by atoms with van der Waals surface area (Å²) in [6.07, 6.45) is 1.81. The van der Waals surface area contributed by atoms with Crippen LogP contribution in [0.25, 0.3) is 16.7 Å². The third-order valence-corrected chi connectivity index (χ3v) is 7.93. The highest BCUT2D eigenvalue weighted by atomic mass is 35.5. The molecule has 0 amide bonds. The number of aromatic nitrogens is 6. The number of anilines is 3. The van der Waals surface area contributed by atoms with E-state index in [-0.39, 0.29) is 27.8 Å². The van der Waals surface area contributed by atoms with E-state index < -0.39 is 11.7 Å². The molecule has 2 fully saturated rings. The number of aryl methyl sites for hydroxylation is 1. The molecule has 7 rings (SSSR count). The molecule has 0 radical (unpaired) electrons. The van der Waals surface area contributed by atoms with Crippen molar-refractivity contribution < 1.29 is 22.6 Å². The Labute approximate surface area is 242 Å². The van der Waals surface area contributed by atoms with Crippen LogP contribution < -0.4 is 15.4 Å². The van der Waals surface area contributed by atoms with Gasteiger partial charge in [-0.2, -0.15) is 23.3 Å². The molecule has 2 aliphatic rings. The fourth-order valence-electron chi connectivity index (χ4n) is 5.48. The Bertz CT molecular complexity index is 1830. The Morgan fingerprint density at radius 2 is 1.90 bits per heavy atom. The topological polar surface area (TPSA) is 107 Å². The second kappa shape index (κ2) is 9.71. The highest BCUT2D eigenvalue weighted by molar-refractivity contribution is 6.36. The first kappa shape index (κ1) is 26.7. The van der Waals surface area contributed by atoms with Gasteiger partial charge >= 0.3 is 6.18 Å². The summed E-state index contributed by atoms with van der Waals surface area (Å²) in [5, 5.41) is 10.5. The lowest BCUT2D eigenvalue weighted by Gasteiger charge is -2.55. The Balaban J connectivity index is 1.17. The molecule has 42 heavy (non-hydrogen) atoms. The molecule has 0 aliphatic carbocycles. The molecule has 0 unspecified atom stereocenters. The van der Waals surface area contributed by atoms with Crippen LogP contribution in [0.5, 0.6) is 11.5 Å². The summed E-state index contributed by atoms with van der Waals surface area (Å²) < 4.78 is 56.0. The van der Waals surface area contributed by atoms with Gasteiger partial charge in [0.25, 0.3) is 0 Å². The van der Waals surface area contributed by atoms with Crippen LogP contribution in [0.4, 0.5) is 30.6 Å². The number of nitrogens with zero attached hydrogens (tertiary/aromatic N) is 7. The average molecular weight is 600 g/mol. The maximum atomic E-state index is 13.8.